The van der Waals surface area contributed by atoms with Gasteiger partial charge in [0, 0.05) is 31.4 Å². The molecule has 2 aromatic carbocycles. The Hall–Kier alpha value is -4.11. The SMILES string of the molecule is CCN1C(=O)CCCc2cc(Nc3ncc(Cl)c(Nc4ccccc4-n4cccn4)n3)c(OC)cc21. The summed E-state index contributed by atoms with van der Waals surface area (Å²) >= 11 is 6.44. The molecule has 0 bridgehead atoms. The highest BCUT2D eigenvalue weighted by Gasteiger charge is 2.23. The maximum atomic E-state index is 12.5. The number of anilines is 5. The number of fused-ring (bicyclic) bond motifs is 1. The van der Waals surface area contributed by atoms with Crippen LogP contribution in [0.4, 0.5) is 28.8 Å². The van der Waals surface area contributed by atoms with Crippen LogP contribution in [0, 0.1) is 0 Å². The highest BCUT2D eigenvalue weighted by atomic mass is 35.5. The van der Waals surface area contributed by atoms with Crippen molar-refractivity contribution in [1.29, 1.82) is 0 Å². The average Bonchev–Trinajstić information content (AvgIpc) is 3.37. The molecule has 0 aliphatic carbocycles. The van der Waals surface area contributed by atoms with E-state index in [4.69, 9.17) is 16.3 Å². The predicted molar refractivity (Wildman–Crippen MR) is 141 cm³/mol. The summed E-state index contributed by atoms with van der Waals surface area (Å²) in [6.45, 7) is 2.59. The first-order chi connectivity index (χ1) is 17.6. The van der Waals surface area contributed by atoms with Crippen molar-refractivity contribution >= 4 is 46.3 Å². The minimum atomic E-state index is 0.131. The van der Waals surface area contributed by atoms with Gasteiger partial charge in [0.25, 0.3) is 0 Å². The van der Waals surface area contributed by atoms with Gasteiger partial charge in [-0.3, -0.25) is 4.79 Å². The second-order valence-corrected chi connectivity index (χ2v) is 8.69. The van der Waals surface area contributed by atoms with Crippen LogP contribution in [-0.4, -0.2) is 39.3 Å². The molecule has 0 fully saturated rings. The Kier molecular flexibility index (Phi) is 6.73. The van der Waals surface area contributed by atoms with E-state index in [1.807, 2.05) is 60.5 Å². The van der Waals surface area contributed by atoms with E-state index in [1.54, 1.807) is 24.2 Å². The first kappa shape index (κ1) is 23.6. The van der Waals surface area contributed by atoms with Crippen LogP contribution in [0.2, 0.25) is 5.02 Å². The molecular weight excluding hydrogens is 478 g/mol. The van der Waals surface area contributed by atoms with Crippen molar-refractivity contribution in [2.75, 3.05) is 29.2 Å². The van der Waals surface area contributed by atoms with Gasteiger partial charge in [0.05, 0.1) is 36.1 Å². The lowest BCUT2D eigenvalue weighted by atomic mass is 10.1. The maximum absolute atomic E-state index is 12.5. The van der Waals surface area contributed by atoms with E-state index in [0.29, 0.717) is 41.2 Å². The molecule has 0 unspecified atom stereocenters. The number of amides is 1. The number of carbonyl (C=O) groups excluding carboxylic acids is 1. The van der Waals surface area contributed by atoms with Crippen molar-refractivity contribution in [2.24, 2.45) is 0 Å². The van der Waals surface area contributed by atoms with Crippen LogP contribution in [0.25, 0.3) is 5.69 Å². The van der Waals surface area contributed by atoms with Gasteiger partial charge in [-0.05, 0) is 49.6 Å². The molecule has 0 saturated carbocycles. The molecule has 1 amide bonds. The van der Waals surface area contributed by atoms with Crippen LogP contribution < -0.4 is 20.3 Å². The van der Waals surface area contributed by atoms with Crippen LogP contribution in [0.3, 0.4) is 0 Å². The molecule has 5 rings (SSSR count). The summed E-state index contributed by atoms with van der Waals surface area (Å²) < 4.78 is 7.42. The molecule has 0 atom stereocenters. The lowest BCUT2D eigenvalue weighted by Crippen LogP contribution is -2.29. The Morgan fingerprint density at radius 1 is 1.08 bits per heavy atom. The predicted octanol–water partition coefficient (Wildman–Crippen LogP) is 5.50. The molecule has 10 heteroatoms. The van der Waals surface area contributed by atoms with Gasteiger partial charge >= 0.3 is 0 Å². The van der Waals surface area contributed by atoms with E-state index < -0.39 is 0 Å². The van der Waals surface area contributed by atoms with Crippen molar-refractivity contribution in [1.82, 2.24) is 19.7 Å². The Morgan fingerprint density at radius 3 is 2.72 bits per heavy atom. The molecule has 3 heterocycles. The summed E-state index contributed by atoms with van der Waals surface area (Å²) in [7, 11) is 1.60. The molecule has 0 saturated heterocycles. The second-order valence-electron chi connectivity index (χ2n) is 8.28. The Morgan fingerprint density at radius 2 is 1.94 bits per heavy atom. The molecule has 1 aliphatic rings. The van der Waals surface area contributed by atoms with Gasteiger partial charge in [-0.25, -0.2) is 9.67 Å². The number of methoxy groups -OCH3 is 1. The van der Waals surface area contributed by atoms with Crippen molar-refractivity contribution < 1.29 is 9.53 Å². The summed E-state index contributed by atoms with van der Waals surface area (Å²) in [6.07, 6.45) is 7.27. The number of aryl methyl sites for hydroxylation is 1. The first-order valence-corrected chi connectivity index (χ1v) is 12.1. The van der Waals surface area contributed by atoms with Crippen LogP contribution in [0.5, 0.6) is 5.75 Å². The smallest absolute Gasteiger partial charge is 0.229 e. The molecule has 0 spiro atoms. The van der Waals surface area contributed by atoms with Crippen LogP contribution in [0.15, 0.2) is 61.1 Å². The number of aromatic nitrogens is 4. The Balaban J connectivity index is 1.46. The quantitative estimate of drug-likeness (QED) is 0.343. The molecule has 2 aromatic heterocycles. The van der Waals surface area contributed by atoms with Gasteiger partial charge in [-0.2, -0.15) is 10.1 Å². The minimum Gasteiger partial charge on any atom is -0.494 e. The highest BCUT2D eigenvalue weighted by Crippen LogP contribution is 2.38. The highest BCUT2D eigenvalue weighted by molar-refractivity contribution is 6.33. The van der Waals surface area contributed by atoms with Gasteiger partial charge in [0.15, 0.2) is 5.82 Å². The lowest BCUT2D eigenvalue weighted by Gasteiger charge is -2.23. The molecule has 1 aliphatic heterocycles. The van der Waals surface area contributed by atoms with Gasteiger partial charge < -0.3 is 20.3 Å². The third kappa shape index (κ3) is 4.70. The number of nitrogens with zero attached hydrogens (tertiary/aromatic N) is 5. The minimum absolute atomic E-state index is 0.131. The number of rotatable bonds is 7. The fourth-order valence-electron chi connectivity index (χ4n) is 4.33. The molecule has 0 radical (unpaired) electrons. The van der Waals surface area contributed by atoms with E-state index in [0.717, 1.165) is 35.5 Å². The maximum Gasteiger partial charge on any atom is 0.229 e. The Labute approximate surface area is 214 Å². The van der Waals surface area contributed by atoms with E-state index >= 15 is 0 Å². The topological polar surface area (TPSA) is 97.2 Å². The largest absolute Gasteiger partial charge is 0.494 e. The fraction of sp³-hybridized carbons (Fsp3) is 0.231. The van der Waals surface area contributed by atoms with Crippen molar-refractivity contribution in [3.8, 4) is 11.4 Å². The first-order valence-electron chi connectivity index (χ1n) is 11.7. The van der Waals surface area contributed by atoms with E-state index in [9.17, 15) is 4.79 Å². The molecular formula is C26H26ClN7O2. The molecule has 9 nitrogen and oxygen atoms in total. The lowest BCUT2D eigenvalue weighted by molar-refractivity contribution is -0.118. The number of benzene rings is 2. The van der Waals surface area contributed by atoms with Gasteiger partial charge in [0.1, 0.15) is 10.8 Å². The number of carbonyl (C=O) groups is 1. The van der Waals surface area contributed by atoms with Gasteiger partial charge in [0.2, 0.25) is 11.9 Å². The molecule has 36 heavy (non-hydrogen) atoms. The summed E-state index contributed by atoms with van der Waals surface area (Å²) in [5.74, 6) is 1.53. The number of nitrogens with one attached hydrogen (secondary N) is 2. The van der Waals surface area contributed by atoms with Crippen molar-refractivity contribution in [3.05, 3.63) is 71.6 Å². The number of hydrogen-bond donors (Lipinski definition) is 2. The normalized spacial score (nSPS) is 13.2. The third-order valence-electron chi connectivity index (χ3n) is 6.04. The number of hydrogen-bond acceptors (Lipinski definition) is 7. The zero-order valence-corrected chi connectivity index (χ0v) is 20.8. The van der Waals surface area contributed by atoms with Gasteiger partial charge in [-0.15, -0.1) is 0 Å². The summed E-state index contributed by atoms with van der Waals surface area (Å²) in [6, 6.07) is 13.5. The third-order valence-corrected chi connectivity index (χ3v) is 6.32. The molecule has 2 N–H and O–H groups in total. The zero-order valence-electron chi connectivity index (χ0n) is 20.0. The fourth-order valence-corrected chi connectivity index (χ4v) is 4.47. The van der Waals surface area contributed by atoms with Gasteiger partial charge in [-0.1, -0.05) is 23.7 Å². The van der Waals surface area contributed by atoms with E-state index in [1.165, 1.54) is 0 Å². The summed E-state index contributed by atoms with van der Waals surface area (Å²) in [5, 5.41) is 11.3. The van der Waals surface area contributed by atoms with Crippen molar-refractivity contribution in [3.63, 3.8) is 0 Å². The van der Waals surface area contributed by atoms with E-state index in [-0.39, 0.29) is 5.91 Å². The van der Waals surface area contributed by atoms with E-state index in [2.05, 4.69) is 25.7 Å². The van der Waals surface area contributed by atoms with Crippen LogP contribution in [-0.2, 0) is 11.2 Å². The molecule has 4 aromatic rings. The average molecular weight is 504 g/mol. The monoisotopic (exact) mass is 503 g/mol. The second kappa shape index (κ2) is 10.2. The number of halogens is 1. The summed E-state index contributed by atoms with van der Waals surface area (Å²) in [4.78, 5) is 23.3. The van der Waals surface area contributed by atoms with Crippen LogP contribution in [0.1, 0.15) is 25.3 Å². The van der Waals surface area contributed by atoms with Crippen molar-refractivity contribution in [2.45, 2.75) is 26.2 Å². The molecule has 184 valence electrons. The summed E-state index contributed by atoms with van der Waals surface area (Å²) in [5.41, 5.74) is 4.32. The van der Waals surface area contributed by atoms with Crippen LogP contribution >= 0.6 is 11.6 Å². The Bertz CT molecular complexity index is 1390. The number of ether oxygens (including phenoxy) is 1. The zero-order chi connectivity index (χ0) is 25.1. The number of para-hydroxylation sites is 2. The standard InChI is InChI=1S/C26H26ClN7O2/c1-3-33-22-15-23(36-2)20(14-17(22)8-6-11-24(33)35)31-26-28-16-18(27)25(32-26)30-19-9-4-5-10-21(19)34-13-7-12-29-34/h4-5,7,9-10,12-16H,3,6,8,11H2,1-2H3,(H2,28,30,31,32).